The summed E-state index contributed by atoms with van der Waals surface area (Å²) in [6.45, 7) is 4.33. The number of anilines is 1. The first-order valence-electron chi connectivity index (χ1n) is 7.03. The van der Waals surface area contributed by atoms with Crippen molar-refractivity contribution in [3.05, 3.63) is 59.7 Å². The number of rotatable bonds is 5. The summed E-state index contributed by atoms with van der Waals surface area (Å²) in [4.78, 5) is 12.0. The first-order chi connectivity index (χ1) is 10.6. The summed E-state index contributed by atoms with van der Waals surface area (Å²) in [5, 5.41) is 4.10. The molecule has 2 rings (SSSR count). The molecule has 1 amide bonds. The Morgan fingerprint density at radius 2 is 1.68 bits per heavy atom. The number of hydrogen-bond acceptors (Lipinski definition) is 4. The van der Waals surface area contributed by atoms with Gasteiger partial charge in [-0.3, -0.25) is 4.79 Å². The van der Waals surface area contributed by atoms with Crippen molar-refractivity contribution >= 4 is 17.3 Å². The van der Waals surface area contributed by atoms with Crippen LogP contribution in [0.5, 0.6) is 5.75 Å². The highest BCUT2D eigenvalue weighted by Gasteiger charge is 2.05. The van der Waals surface area contributed by atoms with E-state index in [1.54, 1.807) is 36.4 Å². The van der Waals surface area contributed by atoms with Gasteiger partial charge in [0.05, 0.1) is 12.3 Å². The summed E-state index contributed by atoms with van der Waals surface area (Å²) in [5.74, 6) is 0.471. The number of carbonyl (C=O) groups is 1. The van der Waals surface area contributed by atoms with Crippen LogP contribution in [0.25, 0.3) is 0 Å². The Bertz CT molecular complexity index is 661. The molecule has 0 aliphatic heterocycles. The molecule has 0 unspecified atom stereocenters. The van der Waals surface area contributed by atoms with Gasteiger partial charge in [0.2, 0.25) is 0 Å². The highest BCUT2D eigenvalue weighted by atomic mass is 16.5. The van der Waals surface area contributed by atoms with Crippen LogP contribution in [0.2, 0.25) is 0 Å². The fourth-order valence-corrected chi connectivity index (χ4v) is 1.86. The van der Waals surface area contributed by atoms with E-state index in [9.17, 15) is 4.79 Å². The van der Waals surface area contributed by atoms with E-state index in [0.29, 0.717) is 23.6 Å². The average molecular weight is 297 g/mol. The molecule has 0 aliphatic rings. The van der Waals surface area contributed by atoms with E-state index in [4.69, 9.17) is 10.5 Å². The normalized spacial score (nSPS) is 11.1. The maximum absolute atomic E-state index is 12.0. The van der Waals surface area contributed by atoms with E-state index in [2.05, 4.69) is 10.5 Å². The lowest BCUT2D eigenvalue weighted by atomic mass is 10.1. The summed E-state index contributed by atoms with van der Waals surface area (Å²) >= 11 is 0. The number of hydrazone groups is 1. The topological polar surface area (TPSA) is 76.7 Å². The van der Waals surface area contributed by atoms with Crippen molar-refractivity contribution in [1.29, 1.82) is 0 Å². The van der Waals surface area contributed by atoms with Crippen molar-refractivity contribution in [2.24, 2.45) is 5.10 Å². The molecule has 0 fully saturated rings. The third-order valence-corrected chi connectivity index (χ3v) is 3.08. The molecule has 114 valence electrons. The Morgan fingerprint density at radius 1 is 1.09 bits per heavy atom. The second-order valence-electron chi connectivity index (χ2n) is 4.72. The van der Waals surface area contributed by atoms with Crippen molar-refractivity contribution in [3.8, 4) is 5.75 Å². The molecular weight excluding hydrogens is 278 g/mol. The summed E-state index contributed by atoms with van der Waals surface area (Å²) in [5.41, 5.74) is 11.0. The minimum atomic E-state index is -0.266. The molecule has 0 radical (unpaired) electrons. The summed E-state index contributed by atoms with van der Waals surface area (Å²) in [6, 6.07) is 14.2. The summed E-state index contributed by atoms with van der Waals surface area (Å²) in [6.07, 6.45) is 0. The predicted octanol–water partition coefficient (Wildman–Crippen LogP) is 2.82. The molecule has 2 aromatic rings. The van der Waals surface area contributed by atoms with Gasteiger partial charge < -0.3 is 10.5 Å². The first-order valence-corrected chi connectivity index (χ1v) is 7.03. The van der Waals surface area contributed by atoms with E-state index >= 15 is 0 Å². The Morgan fingerprint density at radius 3 is 2.27 bits per heavy atom. The fourth-order valence-electron chi connectivity index (χ4n) is 1.86. The maximum atomic E-state index is 12.0. The Hall–Kier alpha value is -2.82. The average Bonchev–Trinajstić information content (AvgIpc) is 2.54. The highest BCUT2D eigenvalue weighted by molar-refractivity contribution is 6.01. The second kappa shape index (κ2) is 7.26. The van der Waals surface area contributed by atoms with Gasteiger partial charge in [-0.25, -0.2) is 5.43 Å². The Labute approximate surface area is 129 Å². The van der Waals surface area contributed by atoms with E-state index < -0.39 is 0 Å². The van der Waals surface area contributed by atoms with Crippen molar-refractivity contribution < 1.29 is 9.53 Å². The van der Waals surface area contributed by atoms with Crippen molar-refractivity contribution in [1.82, 2.24) is 5.43 Å². The number of amides is 1. The molecular formula is C17H19N3O2. The van der Waals surface area contributed by atoms with Crippen LogP contribution < -0.4 is 15.9 Å². The summed E-state index contributed by atoms with van der Waals surface area (Å²) < 4.78 is 5.34. The van der Waals surface area contributed by atoms with Gasteiger partial charge in [-0.2, -0.15) is 5.10 Å². The SMILES string of the molecule is CCOc1ccc(C(=O)N/N=C(\C)c2ccc(N)cc2)cc1. The lowest BCUT2D eigenvalue weighted by molar-refractivity contribution is 0.0955. The fraction of sp³-hybridized carbons (Fsp3) is 0.176. The number of nitrogens with zero attached hydrogens (tertiary/aromatic N) is 1. The molecule has 0 bridgehead atoms. The number of nitrogen functional groups attached to an aromatic ring is 1. The Kier molecular flexibility index (Phi) is 5.14. The van der Waals surface area contributed by atoms with E-state index in [-0.39, 0.29) is 5.91 Å². The molecule has 0 saturated heterocycles. The quantitative estimate of drug-likeness (QED) is 0.506. The van der Waals surface area contributed by atoms with Crippen LogP contribution in [0.4, 0.5) is 5.69 Å². The number of hydrogen-bond donors (Lipinski definition) is 2. The molecule has 0 saturated carbocycles. The molecule has 5 nitrogen and oxygen atoms in total. The standard InChI is InChI=1S/C17H19N3O2/c1-3-22-16-10-6-14(7-11-16)17(21)20-19-12(2)13-4-8-15(18)9-5-13/h4-11H,3,18H2,1-2H3,(H,20,21)/b19-12+. The zero-order chi connectivity index (χ0) is 15.9. The van der Waals surface area contributed by atoms with Gasteiger partial charge in [0.25, 0.3) is 5.91 Å². The van der Waals surface area contributed by atoms with Crippen LogP contribution in [0, 0.1) is 0 Å². The number of ether oxygens (including phenoxy) is 1. The zero-order valence-corrected chi connectivity index (χ0v) is 12.7. The van der Waals surface area contributed by atoms with Crippen LogP contribution in [-0.2, 0) is 0 Å². The molecule has 0 heterocycles. The van der Waals surface area contributed by atoms with E-state index in [0.717, 1.165) is 11.3 Å². The van der Waals surface area contributed by atoms with Crippen LogP contribution in [0.3, 0.4) is 0 Å². The molecule has 0 aromatic heterocycles. The monoisotopic (exact) mass is 297 g/mol. The predicted molar refractivity (Wildman–Crippen MR) is 88.1 cm³/mol. The van der Waals surface area contributed by atoms with Gasteiger partial charge in [-0.1, -0.05) is 12.1 Å². The maximum Gasteiger partial charge on any atom is 0.271 e. The Balaban J connectivity index is 2.01. The third-order valence-electron chi connectivity index (χ3n) is 3.08. The molecule has 0 atom stereocenters. The van der Waals surface area contributed by atoms with Crippen molar-refractivity contribution in [3.63, 3.8) is 0 Å². The first kappa shape index (κ1) is 15.6. The van der Waals surface area contributed by atoms with Crippen LogP contribution in [-0.4, -0.2) is 18.2 Å². The molecule has 0 aliphatic carbocycles. The second-order valence-corrected chi connectivity index (χ2v) is 4.72. The zero-order valence-electron chi connectivity index (χ0n) is 12.7. The van der Waals surface area contributed by atoms with Crippen LogP contribution in [0.1, 0.15) is 29.8 Å². The van der Waals surface area contributed by atoms with Gasteiger partial charge in [-0.15, -0.1) is 0 Å². The van der Waals surface area contributed by atoms with Gasteiger partial charge in [-0.05, 0) is 55.8 Å². The minimum Gasteiger partial charge on any atom is -0.494 e. The highest BCUT2D eigenvalue weighted by Crippen LogP contribution is 2.12. The minimum absolute atomic E-state index is 0.266. The van der Waals surface area contributed by atoms with Crippen LogP contribution in [0.15, 0.2) is 53.6 Å². The van der Waals surface area contributed by atoms with Crippen LogP contribution >= 0.6 is 0 Å². The van der Waals surface area contributed by atoms with Gasteiger partial charge >= 0.3 is 0 Å². The van der Waals surface area contributed by atoms with Crippen molar-refractivity contribution in [2.75, 3.05) is 12.3 Å². The molecule has 5 heteroatoms. The number of nitrogens with one attached hydrogen (secondary N) is 1. The van der Waals surface area contributed by atoms with Gasteiger partial charge in [0.1, 0.15) is 5.75 Å². The molecule has 3 N–H and O–H groups in total. The number of carbonyl (C=O) groups excluding carboxylic acids is 1. The lowest BCUT2D eigenvalue weighted by Crippen LogP contribution is -2.19. The molecule has 0 spiro atoms. The van der Waals surface area contributed by atoms with Gasteiger partial charge in [0, 0.05) is 11.3 Å². The molecule has 2 aromatic carbocycles. The van der Waals surface area contributed by atoms with E-state index in [1.807, 2.05) is 26.0 Å². The lowest BCUT2D eigenvalue weighted by Gasteiger charge is -2.05. The number of benzene rings is 2. The van der Waals surface area contributed by atoms with Gasteiger partial charge in [0.15, 0.2) is 0 Å². The largest absolute Gasteiger partial charge is 0.494 e. The number of nitrogens with two attached hydrogens (primary N) is 1. The summed E-state index contributed by atoms with van der Waals surface area (Å²) in [7, 11) is 0. The molecule has 22 heavy (non-hydrogen) atoms. The van der Waals surface area contributed by atoms with E-state index in [1.165, 1.54) is 0 Å². The van der Waals surface area contributed by atoms with Crippen molar-refractivity contribution in [2.45, 2.75) is 13.8 Å². The third kappa shape index (κ3) is 4.09. The smallest absolute Gasteiger partial charge is 0.271 e.